The lowest BCUT2D eigenvalue weighted by Gasteiger charge is -2.24. The molecule has 0 saturated heterocycles. The van der Waals surface area contributed by atoms with E-state index >= 15 is 0 Å². The van der Waals surface area contributed by atoms with E-state index in [1.807, 2.05) is 6.92 Å². The van der Waals surface area contributed by atoms with E-state index in [9.17, 15) is 18.3 Å². The monoisotopic (exact) mass is 545 g/mol. The van der Waals surface area contributed by atoms with Gasteiger partial charge in [-0.3, -0.25) is 9.10 Å². The number of carbonyl (C=O) groups excluding carboxylic acids is 1. The lowest BCUT2D eigenvalue weighted by atomic mass is 10.1. The summed E-state index contributed by atoms with van der Waals surface area (Å²) in [5.74, 6) is -0.0456. The molecule has 0 unspecified atom stereocenters. The zero-order chi connectivity index (χ0) is 24.7. The van der Waals surface area contributed by atoms with E-state index in [0.717, 1.165) is 8.78 Å². The van der Waals surface area contributed by atoms with Crippen LogP contribution >= 0.6 is 15.9 Å². The number of nitrogens with zero attached hydrogens (tertiary/aromatic N) is 2. The number of benzene rings is 3. The average Bonchev–Trinajstić information content (AvgIpc) is 2.82. The fraction of sp³-hybridized carbons (Fsp3) is 0.167. The smallest absolute Gasteiger partial charge is 0.264 e. The Balaban J connectivity index is 1.89. The number of phenols is 1. The van der Waals surface area contributed by atoms with Crippen molar-refractivity contribution in [3.63, 3.8) is 0 Å². The van der Waals surface area contributed by atoms with E-state index < -0.39 is 22.5 Å². The van der Waals surface area contributed by atoms with Crippen LogP contribution in [0.2, 0.25) is 0 Å². The third kappa shape index (κ3) is 6.15. The van der Waals surface area contributed by atoms with Crippen molar-refractivity contribution in [3.05, 3.63) is 82.8 Å². The fourth-order valence-corrected chi connectivity index (χ4v) is 4.76. The topological polar surface area (TPSA) is 108 Å². The molecule has 178 valence electrons. The highest BCUT2D eigenvalue weighted by Crippen LogP contribution is 2.26. The highest BCUT2D eigenvalue weighted by molar-refractivity contribution is 9.10. The number of phenolic OH excluding ortho intramolecular Hbond substituents is 1. The van der Waals surface area contributed by atoms with Gasteiger partial charge in [-0.15, -0.1) is 0 Å². The predicted octanol–water partition coefficient (Wildman–Crippen LogP) is 4.29. The molecule has 0 aliphatic carbocycles. The third-order valence-electron chi connectivity index (χ3n) is 4.77. The van der Waals surface area contributed by atoms with E-state index in [4.69, 9.17) is 4.74 Å². The van der Waals surface area contributed by atoms with Crippen molar-refractivity contribution in [1.82, 2.24) is 5.43 Å². The van der Waals surface area contributed by atoms with Gasteiger partial charge >= 0.3 is 0 Å². The number of ether oxygens (including phenoxy) is 1. The molecule has 0 radical (unpaired) electrons. The van der Waals surface area contributed by atoms with Crippen LogP contribution < -0.4 is 14.5 Å². The summed E-state index contributed by atoms with van der Waals surface area (Å²) in [6.45, 7) is 3.43. The minimum atomic E-state index is -4.07. The number of para-hydroxylation sites is 1. The van der Waals surface area contributed by atoms with E-state index in [-0.39, 0.29) is 10.6 Å². The summed E-state index contributed by atoms with van der Waals surface area (Å²) in [5.41, 5.74) is 3.49. The van der Waals surface area contributed by atoms with Gasteiger partial charge in [0, 0.05) is 10.0 Å². The normalized spacial score (nSPS) is 11.7. The number of nitrogens with one attached hydrogen (secondary N) is 1. The van der Waals surface area contributed by atoms with Gasteiger partial charge in [-0.25, -0.2) is 13.8 Å². The number of amides is 1. The second-order valence-corrected chi connectivity index (χ2v) is 9.92. The maximum atomic E-state index is 13.4. The number of carbonyl (C=O) groups is 1. The van der Waals surface area contributed by atoms with Crippen LogP contribution in [0.15, 0.2) is 87.3 Å². The molecule has 0 atom stereocenters. The summed E-state index contributed by atoms with van der Waals surface area (Å²) in [4.78, 5) is 12.8. The van der Waals surface area contributed by atoms with Crippen molar-refractivity contribution < 1.29 is 23.1 Å². The number of halogens is 1. The molecule has 0 aliphatic heterocycles. The van der Waals surface area contributed by atoms with Gasteiger partial charge in [0.2, 0.25) is 0 Å². The molecule has 3 aromatic rings. The minimum absolute atomic E-state index is 0.0202. The third-order valence-corrected chi connectivity index (χ3v) is 7.08. The summed E-state index contributed by atoms with van der Waals surface area (Å²) >= 11 is 3.30. The molecule has 0 fully saturated rings. The summed E-state index contributed by atoms with van der Waals surface area (Å²) in [7, 11) is -4.07. The Morgan fingerprint density at radius 1 is 1.06 bits per heavy atom. The van der Waals surface area contributed by atoms with Crippen molar-refractivity contribution in [1.29, 1.82) is 0 Å². The lowest BCUT2D eigenvalue weighted by molar-refractivity contribution is -0.119. The first-order valence-electron chi connectivity index (χ1n) is 10.3. The molecule has 0 aliphatic rings. The second-order valence-electron chi connectivity index (χ2n) is 7.14. The number of rotatable bonds is 9. The largest absolute Gasteiger partial charge is 0.507 e. The van der Waals surface area contributed by atoms with Gasteiger partial charge in [-0.05, 0) is 74.5 Å². The van der Waals surface area contributed by atoms with E-state index in [2.05, 4.69) is 26.5 Å². The number of sulfonamides is 1. The van der Waals surface area contributed by atoms with Crippen LogP contribution in [0.5, 0.6) is 11.5 Å². The minimum Gasteiger partial charge on any atom is -0.507 e. The summed E-state index contributed by atoms with van der Waals surface area (Å²) in [6, 6.07) is 19.1. The molecular formula is C24H24BrN3O5S. The van der Waals surface area contributed by atoms with Crippen molar-refractivity contribution in [2.75, 3.05) is 17.5 Å². The first-order chi connectivity index (χ1) is 16.2. The number of aromatic hydroxyl groups is 1. The number of anilines is 1. The van der Waals surface area contributed by atoms with E-state index in [0.29, 0.717) is 29.3 Å². The zero-order valence-corrected chi connectivity index (χ0v) is 21.0. The Bertz CT molecular complexity index is 1280. The van der Waals surface area contributed by atoms with Gasteiger partial charge in [0.1, 0.15) is 18.0 Å². The van der Waals surface area contributed by atoms with E-state index in [1.54, 1.807) is 61.5 Å². The van der Waals surface area contributed by atoms with Crippen molar-refractivity contribution in [3.8, 4) is 11.5 Å². The Morgan fingerprint density at radius 2 is 1.71 bits per heavy atom. The van der Waals surface area contributed by atoms with Gasteiger partial charge in [0.05, 0.1) is 22.9 Å². The van der Waals surface area contributed by atoms with Gasteiger partial charge < -0.3 is 9.84 Å². The lowest BCUT2D eigenvalue weighted by Crippen LogP contribution is -2.39. The maximum absolute atomic E-state index is 13.4. The Labute approximate surface area is 207 Å². The van der Waals surface area contributed by atoms with Crippen LogP contribution in [0.25, 0.3) is 0 Å². The van der Waals surface area contributed by atoms with Crippen molar-refractivity contribution >= 4 is 43.3 Å². The first kappa shape index (κ1) is 25.3. The molecule has 3 aromatic carbocycles. The highest BCUT2D eigenvalue weighted by Gasteiger charge is 2.27. The molecule has 34 heavy (non-hydrogen) atoms. The zero-order valence-electron chi connectivity index (χ0n) is 18.6. The molecule has 0 spiro atoms. The molecule has 1 amide bonds. The number of hydrogen-bond donors (Lipinski definition) is 2. The summed E-state index contributed by atoms with van der Waals surface area (Å²) in [6.07, 6.45) is 0. The highest BCUT2D eigenvalue weighted by atomic mass is 79.9. The molecule has 10 heteroatoms. The molecule has 0 aromatic heterocycles. The number of hydrazone groups is 1. The standard InChI is InChI=1S/C24H24BrN3O5S/c1-3-33-20-12-10-19(11-13-20)28(34(31,32)21-14-8-18(25)9-15-21)16-24(30)27-26-17(2)22-6-4-5-7-23(22)29/h4-15,29H,3,16H2,1-2H3,(H,27,30). The molecule has 3 rings (SSSR count). The van der Waals surface area contributed by atoms with Crippen molar-refractivity contribution in [2.45, 2.75) is 18.7 Å². The molecular weight excluding hydrogens is 522 g/mol. The summed E-state index contributed by atoms with van der Waals surface area (Å²) < 4.78 is 34.0. The quantitative estimate of drug-likeness (QED) is 0.308. The fourth-order valence-electron chi connectivity index (χ4n) is 3.08. The molecule has 0 saturated carbocycles. The van der Waals surface area contributed by atoms with Gasteiger partial charge in [-0.2, -0.15) is 5.10 Å². The van der Waals surface area contributed by atoms with Crippen LogP contribution in [0.3, 0.4) is 0 Å². The van der Waals surface area contributed by atoms with Crippen LogP contribution in [0, 0.1) is 0 Å². The first-order valence-corrected chi connectivity index (χ1v) is 12.6. The average molecular weight is 546 g/mol. The molecule has 8 nitrogen and oxygen atoms in total. The Hall–Kier alpha value is -3.37. The Kier molecular flexibility index (Phi) is 8.30. The summed E-state index contributed by atoms with van der Waals surface area (Å²) in [5, 5.41) is 14.0. The van der Waals surface area contributed by atoms with Crippen LogP contribution in [0.1, 0.15) is 19.4 Å². The predicted molar refractivity (Wildman–Crippen MR) is 135 cm³/mol. The SMILES string of the molecule is CCOc1ccc(N(CC(=O)NN=C(C)c2ccccc2O)S(=O)(=O)c2ccc(Br)cc2)cc1. The molecule has 0 bridgehead atoms. The van der Waals surface area contributed by atoms with Gasteiger partial charge in [0.15, 0.2) is 0 Å². The molecule has 0 heterocycles. The molecule has 2 N–H and O–H groups in total. The van der Waals surface area contributed by atoms with Gasteiger partial charge in [-0.1, -0.05) is 28.1 Å². The van der Waals surface area contributed by atoms with E-state index in [1.165, 1.54) is 18.2 Å². The van der Waals surface area contributed by atoms with Crippen LogP contribution in [0.4, 0.5) is 5.69 Å². The Morgan fingerprint density at radius 3 is 2.32 bits per heavy atom. The second kappa shape index (κ2) is 11.2. The van der Waals surface area contributed by atoms with Crippen LogP contribution in [-0.2, 0) is 14.8 Å². The van der Waals surface area contributed by atoms with Gasteiger partial charge in [0.25, 0.3) is 15.9 Å². The van der Waals surface area contributed by atoms with Crippen molar-refractivity contribution in [2.24, 2.45) is 5.10 Å². The maximum Gasteiger partial charge on any atom is 0.264 e. The number of hydrogen-bond acceptors (Lipinski definition) is 6. The van der Waals surface area contributed by atoms with Crippen LogP contribution in [-0.4, -0.2) is 38.3 Å².